The second kappa shape index (κ2) is 6.16. The highest BCUT2D eigenvalue weighted by molar-refractivity contribution is 5.84. The van der Waals surface area contributed by atoms with Gasteiger partial charge in [-0.2, -0.15) is 0 Å². The molecule has 0 saturated heterocycles. The molecule has 1 amide bonds. The van der Waals surface area contributed by atoms with E-state index in [0.717, 1.165) is 18.4 Å². The molecule has 1 N–H and O–H groups in total. The highest BCUT2D eigenvalue weighted by Crippen LogP contribution is 2.43. The molecule has 1 aliphatic carbocycles. The van der Waals surface area contributed by atoms with Gasteiger partial charge in [0.25, 0.3) is 0 Å². The fraction of sp³-hybridized carbons (Fsp3) is 0.500. The van der Waals surface area contributed by atoms with Crippen LogP contribution in [0.2, 0.25) is 0 Å². The van der Waals surface area contributed by atoms with E-state index in [1.807, 2.05) is 30.3 Å². The summed E-state index contributed by atoms with van der Waals surface area (Å²) in [7, 11) is 0. The van der Waals surface area contributed by atoms with Crippen molar-refractivity contribution in [3.8, 4) is 0 Å². The zero-order valence-electron chi connectivity index (χ0n) is 12.4. The minimum Gasteiger partial charge on any atom is -0.479 e. The summed E-state index contributed by atoms with van der Waals surface area (Å²) in [5.41, 5.74) is -0.298. The average Bonchev–Trinajstić information content (AvgIpc) is 3.31. The minimum atomic E-state index is -1.18. The number of benzene rings is 1. The van der Waals surface area contributed by atoms with Crippen molar-refractivity contribution in [1.29, 1.82) is 0 Å². The molecule has 5 nitrogen and oxygen atoms in total. The Morgan fingerprint density at radius 1 is 1.33 bits per heavy atom. The van der Waals surface area contributed by atoms with Crippen molar-refractivity contribution in [2.24, 2.45) is 5.92 Å². The van der Waals surface area contributed by atoms with Crippen LogP contribution in [0.4, 0.5) is 4.79 Å². The number of rotatable bonds is 6. The highest BCUT2D eigenvalue weighted by atomic mass is 16.6. The first-order chi connectivity index (χ1) is 10.00. The zero-order valence-corrected chi connectivity index (χ0v) is 12.4. The molecule has 1 saturated carbocycles. The predicted octanol–water partition coefficient (Wildman–Crippen LogP) is 2.90. The Labute approximate surface area is 124 Å². The number of hydrogen-bond acceptors (Lipinski definition) is 3. The first kappa shape index (κ1) is 15.4. The number of hydrogen-bond donors (Lipinski definition) is 1. The molecule has 21 heavy (non-hydrogen) atoms. The SMILES string of the molecule is CCN(C(=O)OCc1ccccc1)C(C)(C(=O)O)C1CC1. The topological polar surface area (TPSA) is 66.8 Å². The Hall–Kier alpha value is -2.04. The molecule has 2 rings (SSSR count). The monoisotopic (exact) mass is 291 g/mol. The van der Waals surface area contributed by atoms with Crippen molar-refractivity contribution in [3.63, 3.8) is 0 Å². The van der Waals surface area contributed by atoms with Crippen LogP contribution in [0, 0.1) is 5.92 Å². The van der Waals surface area contributed by atoms with Gasteiger partial charge in [-0.15, -0.1) is 0 Å². The molecule has 1 atom stereocenters. The number of carboxylic acid groups (broad SMARTS) is 1. The quantitative estimate of drug-likeness (QED) is 0.875. The molecular formula is C16H21NO4. The minimum absolute atomic E-state index is 0.0132. The van der Waals surface area contributed by atoms with Gasteiger partial charge in [0.05, 0.1) is 0 Å². The van der Waals surface area contributed by atoms with Crippen LogP contribution in [0.1, 0.15) is 32.3 Å². The molecule has 0 radical (unpaired) electrons. The summed E-state index contributed by atoms with van der Waals surface area (Å²) in [6, 6.07) is 9.35. The van der Waals surface area contributed by atoms with E-state index in [-0.39, 0.29) is 12.5 Å². The van der Waals surface area contributed by atoms with Gasteiger partial charge in [-0.3, -0.25) is 4.90 Å². The molecule has 1 aliphatic rings. The van der Waals surface area contributed by atoms with Gasteiger partial charge in [-0.05, 0) is 38.2 Å². The Bertz CT molecular complexity index is 512. The van der Waals surface area contributed by atoms with Crippen LogP contribution in [-0.2, 0) is 16.1 Å². The highest BCUT2D eigenvalue weighted by Gasteiger charge is 2.53. The number of carboxylic acids is 1. The molecule has 0 heterocycles. The van der Waals surface area contributed by atoms with Gasteiger partial charge in [-0.1, -0.05) is 30.3 Å². The van der Waals surface area contributed by atoms with E-state index in [0.29, 0.717) is 6.54 Å². The first-order valence-electron chi connectivity index (χ1n) is 7.21. The third-order valence-corrected chi connectivity index (χ3v) is 4.11. The van der Waals surface area contributed by atoms with Gasteiger partial charge < -0.3 is 9.84 Å². The van der Waals surface area contributed by atoms with Gasteiger partial charge in [0.15, 0.2) is 0 Å². The van der Waals surface area contributed by atoms with Crippen molar-refractivity contribution in [3.05, 3.63) is 35.9 Å². The summed E-state index contributed by atoms with van der Waals surface area (Å²) >= 11 is 0. The van der Waals surface area contributed by atoms with Crippen LogP contribution in [0.3, 0.4) is 0 Å². The molecule has 114 valence electrons. The summed E-state index contributed by atoms with van der Waals surface area (Å²) in [5.74, 6) is -0.956. The lowest BCUT2D eigenvalue weighted by atomic mass is 9.94. The van der Waals surface area contributed by atoms with Crippen molar-refractivity contribution in [1.82, 2.24) is 4.90 Å². The molecule has 0 bridgehead atoms. The van der Waals surface area contributed by atoms with E-state index in [9.17, 15) is 14.7 Å². The van der Waals surface area contributed by atoms with Gasteiger partial charge in [0.2, 0.25) is 0 Å². The number of amides is 1. The fourth-order valence-corrected chi connectivity index (χ4v) is 2.60. The van der Waals surface area contributed by atoms with Crippen LogP contribution in [-0.4, -0.2) is 34.2 Å². The average molecular weight is 291 g/mol. The molecule has 1 fully saturated rings. The fourth-order valence-electron chi connectivity index (χ4n) is 2.60. The Kier molecular flexibility index (Phi) is 4.50. The molecular weight excluding hydrogens is 270 g/mol. The van der Waals surface area contributed by atoms with Gasteiger partial charge in [0, 0.05) is 6.54 Å². The Morgan fingerprint density at radius 3 is 2.43 bits per heavy atom. The lowest BCUT2D eigenvalue weighted by Gasteiger charge is -2.36. The number of likely N-dealkylation sites (N-methyl/N-ethyl adjacent to an activating group) is 1. The van der Waals surface area contributed by atoms with E-state index in [1.165, 1.54) is 4.90 Å². The Morgan fingerprint density at radius 2 is 1.95 bits per heavy atom. The molecule has 1 aromatic carbocycles. The lowest BCUT2D eigenvalue weighted by molar-refractivity contribution is -0.151. The third-order valence-electron chi connectivity index (χ3n) is 4.11. The maximum atomic E-state index is 12.3. The Balaban J connectivity index is 2.06. The van der Waals surface area contributed by atoms with Crippen LogP contribution in [0.25, 0.3) is 0 Å². The summed E-state index contributed by atoms with van der Waals surface area (Å²) < 4.78 is 5.28. The number of nitrogens with zero attached hydrogens (tertiary/aromatic N) is 1. The van der Waals surface area contributed by atoms with Crippen molar-refractivity contribution < 1.29 is 19.4 Å². The number of carbonyl (C=O) groups excluding carboxylic acids is 1. The summed E-state index contributed by atoms with van der Waals surface area (Å²) in [5, 5.41) is 9.53. The molecule has 5 heteroatoms. The normalized spacial score (nSPS) is 16.9. The zero-order chi connectivity index (χ0) is 15.5. The number of ether oxygens (including phenoxy) is 1. The second-order valence-corrected chi connectivity index (χ2v) is 5.51. The maximum absolute atomic E-state index is 12.3. The van der Waals surface area contributed by atoms with E-state index in [2.05, 4.69) is 0 Å². The van der Waals surface area contributed by atoms with Gasteiger partial charge in [0.1, 0.15) is 12.1 Å². The van der Waals surface area contributed by atoms with Gasteiger partial charge in [-0.25, -0.2) is 9.59 Å². The maximum Gasteiger partial charge on any atom is 0.411 e. The number of aliphatic carboxylic acids is 1. The van der Waals surface area contributed by atoms with Crippen LogP contribution < -0.4 is 0 Å². The summed E-state index contributed by atoms with van der Waals surface area (Å²) in [6.07, 6.45) is 1.11. The number of carbonyl (C=O) groups is 2. The third kappa shape index (κ3) is 3.17. The molecule has 1 aromatic rings. The van der Waals surface area contributed by atoms with Crippen LogP contribution >= 0.6 is 0 Å². The molecule has 0 aromatic heterocycles. The van der Waals surface area contributed by atoms with E-state index >= 15 is 0 Å². The van der Waals surface area contributed by atoms with Crippen molar-refractivity contribution in [2.75, 3.05) is 6.54 Å². The summed E-state index contributed by atoms with van der Waals surface area (Å²) in [4.78, 5) is 25.2. The molecule has 1 unspecified atom stereocenters. The van der Waals surface area contributed by atoms with Crippen molar-refractivity contribution >= 4 is 12.1 Å². The molecule has 0 aliphatic heterocycles. The van der Waals surface area contributed by atoms with Gasteiger partial charge >= 0.3 is 12.1 Å². The largest absolute Gasteiger partial charge is 0.479 e. The van der Waals surface area contributed by atoms with Crippen LogP contribution in [0.15, 0.2) is 30.3 Å². The van der Waals surface area contributed by atoms with Crippen molar-refractivity contribution in [2.45, 2.75) is 38.8 Å². The van der Waals surface area contributed by atoms with E-state index in [1.54, 1.807) is 13.8 Å². The standard InChI is InChI=1S/C16H21NO4/c1-3-17(16(2,14(18)19)13-9-10-13)15(20)21-11-12-7-5-4-6-8-12/h4-8,13H,3,9-11H2,1-2H3,(H,18,19). The predicted molar refractivity (Wildman–Crippen MR) is 77.8 cm³/mol. The smallest absolute Gasteiger partial charge is 0.411 e. The van der Waals surface area contributed by atoms with E-state index in [4.69, 9.17) is 4.74 Å². The second-order valence-electron chi connectivity index (χ2n) is 5.51. The van der Waals surface area contributed by atoms with Crippen LogP contribution in [0.5, 0.6) is 0 Å². The molecule has 0 spiro atoms. The summed E-state index contributed by atoms with van der Waals surface area (Å²) in [6.45, 7) is 3.84. The first-order valence-corrected chi connectivity index (χ1v) is 7.21. The lowest BCUT2D eigenvalue weighted by Crippen LogP contribution is -2.56. The van der Waals surface area contributed by atoms with E-state index < -0.39 is 17.6 Å².